The van der Waals surface area contributed by atoms with E-state index in [4.69, 9.17) is 17.3 Å². The second-order valence-electron chi connectivity index (χ2n) is 4.47. The molecule has 1 aromatic rings. The van der Waals surface area contributed by atoms with E-state index in [1.165, 1.54) is 19.3 Å². The Kier molecular flexibility index (Phi) is 3.54. The molecule has 0 bridgehead atoms. The third kappa shape index (κ3) is 2.59. The summed E-state index contributed by atoms with van der Waals surface area (Å²) in [5, 5.41) is 0.481. The SMILES string of the molecule is CCCC1CCN(c2cc(N)cc(Cl)n2)C1. The fraction of sp³-hybridized carbons (Fsp3) is 0.583. The summed E-state index contributed by atoms with van der Waals surface area (Å²) in [6, 6.07) is 3.59. The van der Waals surface area contributed by atoms with Gasteiger partial charge in [0.1, 0.15) is 11.0 Å². The first-order valence-corrected chi connectivity index (χ1v) is 6.25. The highest BCUT2D eigenvalue weighted by molar-refractivity contribution is 6.29. The summed E-state index contributed by atoms with van der Waals surface area (Å²) in [6.07, 6.45) is 3.80. The Morgan fingerprint density at radius 1 is 1.56 bits per heavy atom. The normalized spacial score (nSPS) is 20.4. The molecule has 0 radical (unpaired) electrons. The number of hydrogen-bond acceptors (Lipinski definition) is 3. The van der Waals surface area contributed by atoms with E-state index in [2.05, 4.69) is 16.8 Å². The van der Waals surface area contributed by atoms with Gasteiger partial charge in [0.2, 0.25) is 0 Å². The van der Waals surface area contributed by atoms with Gasteiger partial charge in [-0.05, 0) is 24.8 Å². The van der Waals surface area contributed by atoms with Crippen molar-refractivity contribution in [1.29, 1.82) is 0 Å². The zero-order chi connectivity index (χ0) is 11.5. The molecule has 1 unspecified atom stereocenters. The number of anilines is 2. The lowest BCUT2D eigenvalue weighted by Crippen LogP contribution is -2.21. The molecular formula is C12H18ClN3. The molecule has 3 nitrogen and oxygen atoms in total. The lowest BCUT2D eigenvalue weighted by Gasteiger charge is -2.18. The Bertz CT molecular complexity index is 347. The van der Waals surface area contributed by atoms with E-state index >= 15 is 0 Å². The van der Waals surface area contributed by atoms with Gasteiger partial charge in [0.15, 0.2) is 0 Å². The minimum absolute atomic E-state index is 0.481. The van der Waals surface area contributed by atoms with Gasteiger partial charge in [-0.2, -0.15) is 0 Å². The molecule has 0 aromatic carbocycles. The number of rotatable bonds is 3. The van der Waals surface area contributed by atoms with Crippen molar-refractivity contribution in [3.63, 3.8) is 0 Å². The van der Waals surface area contributed by atoms with Crippen LogP contribution in [-0.4, -0.2) is 18.1 Å². The zero-order valence-electron chi connectivity index (χ0n) is 9.62. The van der Waals surface area contributed by atoms with Crippen LogP contribution in [0.3, 0.4) is 0 Å². The summed E-state index contributed by atoms with van der Waals surface area (Å²) in [7, 11) is 0. The van der Waals surface area contributed by atoms with E-state index in [9.17, 15) is 0 Å². The van der Waals surface area contributed by atoms with Crippen LogP contribution in [0, 0.1) is 5.92 Å². The Morgan fingerprint density at radius 2 is 2.38 bits per heavy atom. The van der Waals surface area contributed by atoms with Gasteiger partial charge in [-0.3, -0.25) is 0 Å². The summed E-state index contributed by atoms with van der Waals surface area (Å²) in [4.78, 5) is 6.60. The second kappa shape index (κ2) is 4.91. The number of nitrogens with zero attached hydrogens (tertiary/aromatic N) is 2. The van der Waals surface area contributed by atoms with Crippen LogP contribution in [-0.2, 0) is 0 Å². The van der Waals surface area contributed by atoms with Gasteiger partial charge < -0.3 is 10.6 Å². The van der Waals surface area contributed by atoms with Crippen molar-refractivity contribution in [3.05, 3.63) is 17.3 Å². The molecule has 4 heteroatoms. The lowest BCUT2D eigenvalue weighted by molar-refractivity contribution is 0.529. The highest BCUT2D eigenvalue weighted by atomic mass is 35.5. The minimum atomic E-state index is 0.481. The molecule has 2 rings (SSSR count). The van der Waals surface area contributed by atoms with Gasteiger partial charge in [0.05, 0.1) is 0 Å². The lowest BCUT2D eigenvalue weighted by atomic mass is 10.0. The molecule has 1 aliphatic heterocycles. The summed E-state index contributed by atoms with van der Waals surface area (Å²) in [5.41, 5.74) is 6.46. The van der Waals surface area contributed by atoms with E-state index in [1.807, 2.05) is 6.07 Å². The van der Waals surface area contributed by atoms with Crippen molar-refractivity contribution in [2.24, 2.45) is 5.92 Å². The highest BCUT2D eigenvalue weighted by Gasteiger charge is 2.22. The predicted molar refractivity (Wildman–Crippen MR) is 68.9 cm³/mol. The van der Waals surface area contributed by atoms with Gasteiger partial charge in [-0.15, -0.1) is 0 Å². The summed E-state index contributed by atoms with van der Waals surface area (Å²) >= 11 is 5.91. The molecule has 1 fully saturated rings. The van der Waals surface area contributed by atoms with Crippen LogP contribution in [0.1, 0.15) is 26.2 Å². The molecule has 2 N–H and O–H groups in total. The van der Waals surface area contributed by atoms with Crippen molar-refractivity contribution in [3.8, 4) is 0 Å². The minimum Gasteiger partial charge on any atom is -0.399 e. The number of nitrogens with two attached hydrogens (primary N) is 1. The maximum atomic E-state index is 5.91. The fourth-order valence-electron chi connectivity index (χ4n) is 2.35. The molecule has 0 aliphatic carbocycles. The molecule has 88 valence electrons. The molecule has 1 atom stereocenters. The van der Waals surface area contributed by atoms with Gasteiger partial charge >= 0.3 is 0 Å². The van der Waals surface area contributed by atoms with E-state index in [0.29, 0.717) is 10.8 Å². The largest absolute Gasteiger partial charge is 0.399 e. The van der Waals surface area contributed by atoms with Crippen LogP contribution in [0.15, 0.2) is 12.1 Å². The standard InChI is InChI=1S/C12H18ClN3/c1-2-3-9-4-5-16(8-9)12-7-10(14)6-11(13)15-12/h6-7,9H,2-5,8H2,1H3,(H2,14,15). The molecule has 0 amide bonds. The maximum absolute atomic E-state index is 5.91. The summed E-state index contributed by atoms with van der Waals surface area (Å²) < 4.78 is 0. The first-order valence-electron chi connectivity index (χ1n) is 5.87. The number of halogens is 1. The monoisotopic (exact) mass is 239 g/mol. The molecule has 1 saturated heterocycles. The van der Waals surface area contributed by atoms with Crippen LogP contribution < -0.4 is 10.6 Å². The van der Waals surface area contributed by atoms with Crippen LogP contribution in [0.4, 0.5) is 11.5 Å². The number of nitrogen functional groups attached to an aromatic ring is 1. The van der Waals surface area contributed by atoms with Crippen molar-refractivity contribution < 1.29 is 0 Å². The molecule has 0 saturated carbocycles. The first kappa shape index (κ1) is 11.5. The van der Waals surface area contributed by atoms with Crippen molar-refractivity contribution in [1.82, 2.24) is 4.98 Å². The smallest absolute Gasteiger partial charge is 0.133 e. The average molecular weight is 240 g/mol. The van der Waals surface area contributed by atoms with E-state index in [-0.39, 0.29) is 0 Å². The molecule has 2 heterocycles. The molecule has 1 aliphatic rings. The number of hydrogen-bond donors (Lipinski definition) is 1. The zero-order valence-corrected chi connectivity index (χ0v) is 10.4. The Balaban J connectivity index is 2.08. The third-order valence-corrected chi connectivity index (χ3v) is 3.30. The predicted octanol–water partition coefficient (Wildman–Crippen LogP) is 2.94. The fourth-order valence-corrected chi connectivity index (χ4v) is 2.56. The van der Waals surface area contributed by atoms with Crippen molar-refractivity contribution in [2.75, 3.05) is 23.7 Å². The average Bonchev–Trinajstić information content (AvgIpc) is 2.65. The summed E-state index contributed by atoms with van der Waals surface area (Å²) in [5.74, 6) is 1.72. The van der Waals surface area contributed by atoms with E-state index in [1.54, 1.807) is 6.07 Å². The van der Waals surface area contributed by atoms with Crippen molar-refractivity contribution in [2.45, 2.75) is 26.2 Å². The topological polar surface area (TPSA) is 42.1 Å². The first-order chi connectivity index (χ1) is 7.69. The van der Waals surface area contributed by atoms with Gasteiger partial charge in [-0.25, -0.2) is 4.98 Å². The van der Waals surface area contributed by atoms with Gasteiger partial charge in [0, 0.05) is 24.8 Å². The Morgan fingerprint density at radius 3 is 3.06 bits per heavy atom. The van der Waals surface area contributed by atoms with Gasteiger partial charge in [-0.1, -0.05) is 24.9 Å². The van der Waals surface area contributed by atoms with E-state index < -0.39 is 0 Å². The van der Waals surface area contributed by atoms with Crippen LogP contribution in [0.5, 0.6) is 0 Å². The Hall–Kier alpha value is -0.960. The maximum Gasteiger partial charge on any atom is 0.133 e. The molecule has 0 spiro atoms. The number of aromatic nitrogens is 1. The van der Waals surface area contributed by atoms with Crippen LogP contribution >= 0.6 is 11.6 Å². The molecule has 1 aromatic heterocycles. The molecule has 16 heavy (non-hydrogen) atoms. The summed E-state index contributed by atoms with van der Waals surface area (Å²) in [6.45, 7) is 4.39. The highest BCUT2D eigenvalue weighted by Crippen LogP contribution is 2.27. The molecular weight excluding hydrogens is 222 g/mol. The van der Waals surface area contributed by atoms with Crippen LogP contribution in [0.25, 0.3) is 0 Å². The van der Waals surface area contributed by atoms with Crippen LogP contribution in [0.2, 0.25) is 5.15 Å². The van der Waals surface area contributed by atoms with E-state index in [0.717, 1.165) is 24.8 Å². The Labute approximate surface area is 102 Å². The van der Waals surface area contributed by atoms with Gasteiger partial charge in [0.25, 0.3) is 0 Å². The third-order valence-electron chi connectivity index (χ3n) is 3.11. The second-order valence-corrected chi connectivity index (χ2v) is 4.86. The number of pyridine rings is 1. The quantitative estimate of drug-likeness (QED) is 0.825. The van der Waals surface area contributed by atoms with Crippen molar-refractivity contribution >= 4 is 23.1 Å².